The Morgan fingerprint density at radius 2 is 0.659 bits per heavy atom. The van der Waals surface area contributed by atoms with Crippen molar-refractivity contribution in [1.29, 1.82) is 0 Å². The minimum Gasteiger partial charge on any atom is -0.545 e. The van der Waals surface area contributed by atoms with Crippen LogP contribution in [-0.4, -0.2) is 82.3 Å². The van der Waals surface area contributed by atoms with Crippen LogP contribution < -0.4 is 5.11 Å². The number of allylic oxidation sites excluding steroid dienone is 30. The molecule has 0 aromatic carbocycles. The maximum Gasteiger partial charge on any atom is 0.306 e. The maximum absolute atomic E-state index is 12.9. The van der Waals surface area contributed by atoms with Crippen molar-refractivity contribution in [3.63, 3.8) is 0 Å². The predicted octanol–water partition coefficient (Wildman–Crippen LogP) is 19.1. The summed E-state index contributed by atoms with van der Waals surface area (Å²) in [6.07, 6.45) is 95.5. The number of carboxylic acid groups (broad SMARTS) is 1. The molecule has 0 aliphatic heterocycles. The summed E-state index contributed by atoms with van der Waals surface area (Å²) < 4.78 is 22.6. The van der Waals surface area contributed by atoms with E-state index in [-0.39, 0.29) is 32.7 Å². The summed E-state index contributed by atoms with van der Waals surface area (Å²) in [4.78, 5) is 37.3. The summed E-state index contributed by atoms with van der Waals surface area (Å²) in [6, 6.07) is 0. The van der Waals surface area contributed by atoms with Crippen LogP contribution in [0.5, 0.6) is 0 Å². The van der Waals surface area contributed by atoms with E-state index in [0.717, 1.165) is 116 Å². The van der Waals surface area contributed by atoms with Crippen molar-refractivity contribution in [2.24, 2.45) is 0 Å². The molecule has 0 aromatic heterocycles. The van der Waals surface area contributed by atoms with E-state index in [2.05, 4.69) is 184 Å². The van der Waals surface area contributed by atoms with Crippen LogP contribution in [-0.2, 0) is 33.3 Å². The van der Waals surface area contributed by atoms with Gasteiger partial charge in [-0.3, -0.25) is 9.59 Å². The maximum atomic E-state index is 12.9. The molecular weight excluding hydrogens is 1050 g/mol. The summed E-state index contributed by atoms with van der Waals surface area (Å²) in [5.74, 6) is -2.41. The van der Waals surface area contributed by atoms with Gasteiger partial charge in [-0.1, -0.05) is 267 Å². The van der Waals surface area contributed by atoms with E-state index < -0.39 is 30.3 Å². The van der Waals surface area contributed by atoms with Crippen LogP contribution >= 0.6 is 0 Å². The number of ether oxygens (including phenoxy) is 4. The van der Waals surface area contributed by atoms with Crippen LogP contribution in [0.2, 0.25) is 0 Å². The minimum absolute atomic E-state index is 0.127. The molecule has 85 heavy (non-hydrogen) atoms. The Bertz CT molecular complexity index is 2050. The SMILES string of the molecule is CC/C=C\C/C=C\C/C=C\C/C=C\C/C=C\C/C=C\C/C=C\C/C=C\C/C=C\CCCCCCCCCCCCCCCC(=O)OC(COC(=O)CC/C=C\C/C=C\C/C=C\C/C=C\C/C=C\C/C=C\CC)COC(OCC[N+](C)(C)C)C(=O)[O-]. The number of nitrogens with zero attached hydrogens (tertiary/aromatic N) is 1. The second kappa shape index (κ2) is 64.4. The van der Waals surface area contributed by atoms with Crippen LogP contribution in [0, 0.1) is 0 Å². The Hall–Kier alpha value is -5.61. The Morgan fingerprint density at radius 1 is 0.353 bits per heavy atom. The molecule has 476 valence electrons. The number of carbonyl (C=O) groups excluding carboxylic acids is 3. The van der Waals surface area contributed by atoms with E-state index in [1.807, 2.05) is 33.3 Å². The number of aliphatic carboxylic acids is 1. The van der Waals surface area contributed by atoms with Gasteiger partial charge in [-0.25, -0.2) is 0 Å². The summed E-state index contributed by atoms with van der Waals surface area (Å²) in [5, 5.41) is 11.8. The summed E-state index contributed by atoms with van der Waals surface area (Å²) >= 11 is 0. The molecule has 0 saturated carbocycles. The largest absolute Gasteiger partial charge is 0.545 e. The van der Waals surface area contributed by atoms with Crippen molar-refractivity contribution < 1.29 is 42.9 Å². The van der Waals surface area contributed by atoms with Crippen LogP contribution in [0.25, 0.3) is 0 Å². The first kappa shape index (κ1) is 79.4. The van der Waals surface area contributed by atoms with Gasteiger partial charge in [-0.15, -0.1) is 0 Å². The summed E-state index contributed by atoms with van der Waals surface area (Å²) in [6.45, 7) is 4.41. The van der Waals surface area contributed by atoms with E-state index in [1.54, 1.807) is 0 Å². The van der Waals surface area contributed by atoms with Gasteiger partial charge >= 0.3 is 11.9 Å². The summed E-state index contributed by atoms with van der Waals surface area (Å²) in [5.41, 5.74) is 0. The third-order valence-electron chi connectivity index (χ3n) is 13.2. The monoisotopic (exact) mass is 1170 g/mol. The van der Waals surface area contributed by atoms with Gasteiger partial charge in [0, 0.05) is 12.8 Å². The molecule has 0 heterocycles. The van der Waals surface area contributed by atoms with E-state index >= 15 is 0 Å². The fourth-order valence-corrected chi connectivity index (χ4v) is 8.20. The molecule has 9 nitrogen and oxygen atoms in total. The molecule has 0 fully saturated rings. The normalized spacial score (nSPS) is 13.9. The third kappa shape index (κ3) is 65.8. The molecule has 0 bridgehead atoms. The average molecular weight is 1170 g/mol. The standard InChI is InChI=1S/C76H119NO8/c1-6-8-10-12-14-16-18-20-22-24-26-27-28-29-30-31-32-33-34-35-36-37-38-39-40-41-42-43-44-45-46-47-49-51-53-55-57-59-61-63-65-67-74(79)85-72(71-84-76(75(80)81)82-69-68-77(3,4)5)70-83-73(78)66-64-62-60-58-56-54-52-50-48-25-23-21-19-17-15-13-11-9-7-2/h8-11,14-17,20-23,26-27,29-30,32-33,35-36,38-39,41-42,48,50,54,56,60,62,72,76H,6-7,12-13,18-19,24-25,28,31,34,37,40,43-47,49,51-53,55,57-59,61,63-71H2,1-5H3/b10-8-,11-9-,16-14-,17-15-,22-20-,23-21-,27-26-,30-29-,33-32-,36-35-,39-38-,42-41-,50-48-,56-54-,62-60-. The Balaban J connectivity index is 4.19. The number of unbranched alkanes of at least 4 members (excludes halogenated alkanes) is 13. The number of hydrogen-bond donors (Lipinski definition) is 0. The Kier molecular flexibility index (Phi) is 60.1. The van der Waals surface area contributed by atoms with Crippen LogP contribution in [0.1, 0.15) is 219 Å². The van der Waals surface area contributed by atoms with E-state index in [0.29, 0.717) is 23.9 Å². The number of esters is 2. The lowest BCUT2D eigenvalue weighted by atomic mass is 10.0. The van der Waals surface area contributed by atoms with Crippen molar-refractivity contribution in [3.05, 3.63) is 182 Å². The molecule has 0 aliphatic rings. The predicted molar refractivity (Wildman–Crippen MR) is 361 cm³/mol. The first-order chi connectivity index (χ1) is 41.6. The second-order valence-corrected chi connectivity index (χ2v) is 22.3. The lowest BCUT2D eigenvalue weighted by Crippen LogP contribution is -2.44. The lowest BCUT2D eigenvalue weighted by molar-refractivity contribution is -0.870. The van der Waals surface area contributed by atoms with Gasteiger partial charge in [0.1, 0.15) is 13.2 Å². The Labute approximate surface area is 519 Å². The van der Waals surface area contributed by atoms with Crippen molar-refractivity contribution in [2.45, 2.75) is 232 Å². The zero-order valence-electron chi connectivity index (χ0n) is 54.1. The topological polar surface area (TPSA) is 111 Å². The van der Waals surface area contributed by atoms with Crippen LogP contribution in [0.4, 0.5) is 0 Å². The lowest BCUT2D eigenvalue weighted by Gasteiger charge is -2.26. The smallest absolute Gasteiger partial charge is 0.306 e. The van der Waals surface area contributed by atoms with E-state index in [9.17, 15) is 19.5 Å². The van der Waals surface area contributed by atoms with Gasteiger partial charge in [0.2, 0.25) is 0 Å². The van der Waals surface area contributed by atoms with Crippen molar-refractivity contribution in [1.82, 2.24) is 0 Å². The zero-order chi connectivity index (χ0) is 61.9. The van der Waals surface area contributed by atoms with Gasteiger partial charge in [0.25, 0.3) is 0 Å². The molecule has 0 N–H and O–H groups in total. The fraction of sp³-hybridized carbons (Fsp3) is 0.566. The van der Waals surface area contributed by atoms with E-state index in [4.69, 9.17) is 18.9 Å². The van der Waals surface area contributed by atoms with Gasteiger partial charge in [-0.05, 0) is 122 Å². The van der Waals surface area contributed by atoms with E-state index in [1.165, 1.54) is 64.2 Å². The molecule has 0 radical (unpaired) electrons. The number of rotatable bonds is 58. The molecule has 2 unspecified atom stereocenters. The quantitative estimate of drug-likeness (QED) is 0.0195. The van der Waals surface area contributed by atoms with Crippen LogP contribution in [0.3, 0.4) is 0 Å². The Morgan fingerprint density at radius 3 is 0.988 bits per heavy atom. The number of carbonyl (C=O) groups is 3. The highest BCUT2D eigenvalue weighted by Gasteiger charge is 2.22. The fourth-order valence-electron chi connectivity index (χ4n) is 8.20. The molecule has 0 aliphatic carbocycles. The first-order valence-electron chi connectivity index (χ1n) is 32.9. The first-order valence-corrected chi connectivity index (χ1v) is 32.9. The highest BCUT2D eigenvalue weighted by molar-refractivity contribution is 5.70. The highest BCUT2D eigenvalue weighted by Crippen LogP contribution is 2.15. The third-order valence-corrected chi connectivity index (χ3v) is 13.2. The minimum atomic E-state index is -1.65. The molecule has 9 heteroatoms. The number of hydrogen-bond acceptors (Lipinski definition) is 8. The second-order valence-electron chi connectivity index (χ2n) is 22.3. The summed E-state index contributed by atoms with van der Waals surface area (Å²) in [7, 11) is 5.89. The van der Waals surface area contributed by atoms with Gasteiger partial charge < -0.3 is 33.3 Å². The number of quaternary nitrogens is 1. The molecule has 0 aromatic rings. The van der Waals surface area contributed by atoms with Gasteiger partial charge in [0.15, 0.2) is 12.4 Å². The highest BCUT2D eigenvalue weighted by atomic mass is 16.7. The molecule has 0 amide bonds. The molecular formula is C76H119NO8. The number of likely N-dealkylation sites (N-methyl/N-ethyl adjacent to an activating group) is 1. The molecule has 0 saturated heterocycles. The molecule has 0 rings (SSSR count). The number of carboxylic acids is 1. The van der Waals surface area contributed by atoms with Crippen molar-refractivity contribution in [2.75, 3.05) is 47.5 Å². The van der Waals surface area contributed by atoms with Crippen molar-refractivity contribution in [3.8, 4) is 0 Å². The van der Waals surface area contributed by atoms with Gasteiger partial charge in [0.05, 0.1) is 40.3 Å². The van der Waals surface area contributed by atoms with Crippen LogP contribution in [0.15, 0.2) is 182 Å². The van der Waals surface area contributed by atoms with Gasteiger partial charge in [-0.2, -0.15) is 0 Å². The molecule has 2 atom stereocenters. The average Bonchev–Trinajstić information content (AvgIpc) is 3.49. The molecule has 0 spiro atoms. The zero-order valence-corrected chi connectivity index (χ0v) is 54.1. The van der Waals surface area contributed by atoms with Crippen molar-refractivity contribution >= 4 is 17.9 Å².